The summed E-state index contributed by atoms with van der Waals surface area (Å²) in [5, 5.41) is 3.30. The van der Waals surface area contributed by atoms with E-state index < -0.39 is 12.1 Å². The molecule has 0 fully saturated rings. The molecule has 1 aromatic heterocycles. The highest BCUT2D eigenvalue weighted by Gasteiger charge is 2.38. The van der Waals surface area contributed by atoms with Gasteiger partial charge in [0.1, 0.15) is 0 Å². The number of alkyl halides is 3. The fraction of sp³-hybridized carbons (Fsp3) is 0.400. The first-order valence-corrected chi connectivity index (χ1v) is 6.79. The minimum Gasteiger partial charge on any atom is -0.337 e. The second-order valence-corrected chi connectivity index (χ2v) is 6.03. The second kappa shape index (κ2) is 5.68. The topological polar surface area (TPSA) is 59.2 Å². The first kappa shape index (κ1) is 17.0. The Morgan fingerprint density at radius 3 is 2.13 bits per heavy atom. The van der Waals surface area contributed by atoms with E-state index in [4.69, 9.17) is 0 Å². The molecule has 1 aromatic carbocycles. The molecule has 0 atom stereocenters. The Bertz CT molecular complexity index is 700. The number of amides is 1. The Labute approximate surface area is 131 Å². The lowest BCUT2D eigenvalue weighted by atomic mass is 10.0. The van der Waals surface area contributed by atoms with Crippen molar-refractivity contribution >= 4 is 5.91 Å². The molecule has 124 valence electrons. The van der Waals surface area contributed by atoms with Gasteiger partial charge in [-0.25, -0.2) is 0 Å². The van der Waals surface area contributed by atoms with E-state index in [-0.39, 0.29) is 17.3 Å². The molecular weight excluding hydrogens is 311 g/mol. The van der Waals surface area contributed by atoms with Crippen LogP contribution in [0, 0.1) is 0 Å². The van der Waals surface area contributed by atoms with E-state index in [2.05, 4.69) is 14.7 Å². The maximum absolute atomic E-state index is 12.4. The summed E-state index contributed by atoms with van der Waals surface area (Å²) in [4.78, 5) is 17.2. The van der Waals surface area contributed by atoms with Crippen molar-refractivity contribution in [1.29, 1.82) is 0 Å². The Kier molecular flexibility index (Phi) is 4.19. The number of carbonyl (C=O) groups is 1. The summed E-state index contributed by atoms with van der Waals surface area (Å²) < 4.78 is 41.5. The molecule has 23 heavy (non-hydrogen) atoms. The Balaban J connectivity index is 2.23. The third-order valence-electron chi connectivity index (χ3n) is 3.37. The molecule has 5 nitrogen and oxygen atoms in total. The number of nitrogens with zero attached hydrogens (tertiary/aromatic N) is 3. The number of benzene rings is 1. The SMILES string of the molecule is CN(C(=O)c1ccc(-c2noc(C(F)(F)F)n2)cc1)C(C)(C)C. The van der Waals surface area contributed by atoms with E-state index in [1.807, 2.05) is 20.8 Å². The summed E-state index contributed by atoms with van der Waals surface area (Å²) >= 11 is 0. The van der Waals surface area contributed by atoms with Crippen molar-refractivity contribution in [3.8, 4) is 11.4 Å². The number of halogens is 3. The van der Waals surface area contributed by atoms with Crippen LogP contribution < -0.4 is 0 Å². The van der Waals surface area contributed by atoms with Gasteiger partial charge in [-0.3, -0.25) is 4.79 Å². The van der Waals surface area contributed by atoms with Crippen molar-refractivity contribution in [3.05, 3.63) is 35.7 Å². The molecule has 2 aromatic rings. The number of hydrogen-bond acceptors (Lipinski definition) is 4. The van der Waals surface area contributed by atoms with E-state index in [0.717, 1.165) is 0 Å². The van der Waals surface area contributed by atoms with E-state index in [1.165, 1.54) is 24.3 Å². The monoisotopic (exact) mass is 327 g/mol. The van der Waals surface area contributed by atoms with Gasteiger partial charge in [0, 0.05) is 23.7 Å². The van der Waals surface area contributed by atoms with Gasteiger partial charge in [0.25, 0.3) is 5.91 Å². The standard InChI is InChI=1S/C15H16F3N3O2/c1-14(2,3)21(4)12(22)10-7-5-9(6-8-10)11-19-13(23-20-11)15(16,17)18/h5-8H,1-4H3. The van der Waals surface area contributed by atoms with Gasteiger partial charge < -0.3 is 9.42 Å². The van der Waals surface area contributed by atoms with Crippen LogP contribution in [-0.4, -0.2) is 33.5 Å². The average molecular weight is 327 g/mol. The van der Waals surface area contributed by atoms with Gasteiger partial charge in [-0.15, -0.1) is 0 Å². The molecular formula is C15H16F3N3O2. The highest BCUT2D eigenvalue weighted by molar-refractivity contribution is 5.94. The zero-order valence-corrected chi connectivity index (χ0v) is 13.1. The van der Waals surface area contributed by atoms with Crippen LogP contribution in [0.15, 0.2) is 28.8 Å². The lowest BCUT2D eigenvalue weighted by Gasteiger charge is -2.32. The summed E-state index contributed by atoms with van der Waals surface area (Å²) in [5.74, 6) is -1.77. The molecule has 1 heterocycles. The van der Waals surface area contributed by atoms with E-state index >= 15 is 0 Å². The van der Waals surface area contributed by atoms with Crippen molar-refractivity contribution in [2.45, 2.75) is 32.5 Å². The number of carbonyl (C=O) groups excluding carboxylic acids is 1. The van der Waals surface area contributed by atoms with Gasteiger partial charge in [0.05, 0.1) is 0 Å². The fourth-order valence-electron chi connectivity index (χ4n) is 1.72. The number of hydrogen-bond donors (Lipinski definition) is 0. The predicted molar refractivity (Wildman–Crippen MR) is 76.6 cm³/mol. The minimum atomic E-state index is -4.68. The molecule has 2 rings (SSSR count). The van der Waals surface area contributed by atoms with Crippen LogP contribution in [0.2, 0.25) is 0 Å². The molecule has 0 spiro atoms. The summed E-state index contributed by atoms with van der Waals surface area (Å²) in [7, 11) is 1.69. The van der Waals surface area contributed by atoms with Crippen molar-refractivity contribution < 1.29 is 22.5 Å². The van der Waals surface area contributed by atoms with Crippen LogP contribution in [0.4, 0.5) is 13.2 Å². The van der Waals surface area contributed by atoms with Gasteiger partial charge in [-0.05, 0) is 32.9 Å². The Morgan fingerprint density at radius 1 is 1.13 bits per heavy atom. The van der Waals surface area contributed by atoms with Crippen LogP contribution in [0.5, 0.6) is 0 Å². The third-order valence-corrected chi connectivity index (χ3v) is 3.37. The van der Waals surface area contributed by atoms with Crippen LogP contribution in [-0.2, 0) is 6.18 Å². The van der Waals surface area contributed by atoms with Crippen molar-refractivity contribution in [2.75, 3.05) is 7.05 Å². The largest absolute Gasteiger partial charge is 0.471 e. The summed E-state index contributed by atoms with van der Waals surface area (Å²) in [6.07, 6.45) is -4.68. The highest BCUT2D eigenvalue weighted by atomic mass is 19.4. The minimum absolute atomic E-state index is 0.180. The molecule has 0 unspecified atom stereocenters. The van der Waals surface area contributed by atoms with E-state index in [0.29, 0.717) is 11.1 Å². The molecule has 0 aliphatic heterocycles. The third kappa shape index (κ3) is 3.69. The predicted octanol–water partition coefficient (Wildman–Crippen LogP) is 3.63. The van der Waals surface area contributed by atoms with Crippen LogP contribution in [0.1, 0.15) is 37.0 Å². The van der Waals surface area contributed by atoms with Crippen molar-refractivity contribution in [2.24, 2.45) is 0 Å². The van der Waals surface area contributed by atoms with Gasteiger partial charge in [0.2, 0.25) is 5.82 Å². The lowest BCUT2D eigenvalue weighted by molar-refractivity contribution is -0.159. The quantitative estimate of drug-likeness (QED) is 0.845. The first-order valence-electron chi connectivity index (χ1n) is 6.79. The Morgan fingerprint density at radius 2 is 1.70 bits per heavy atom. The van der Waals surface area contributed by atoms with Crippen LogP contribution >= 0.6 is 0 Å². The number of rotatable bonds is 2. The lowest BCUT2D eigenvalue weighted by Crippen LogP contribution is -2.42. The molecule has 1 amide bonds. The molecule has 0 radical (unpaired) electrons. The Hall–Kier alpha value is -2.38. The zero-order chi connectivity index (χ0) is 17.4. The smallest absolute Gasteiger partial charge is 0.337 e. The molecule has 0 N–H and O–H groups in total. The van der Waals surface area contributed by atoms with E-state index in [9.17, 15) is 18.0 Å². The maximum Gasteiger partial charge on any atom is 0.471 e. The first-order chi connectivity index (χ1) is 10.5. The number of aromatic nitrogens is 2. The molecule has 0 saturated carbocycles. The van der Waals surface area contributed by atoms with Gasteiger partial charge >= 0.3 is 12.1 Å². The van der Waals surface area contributed by atoms with Gasteiger partial charge in [-0.1, -0.05) is 17.3 Å². The molecule has 0 bridgehead atoms. The van der Waals surface area contributed by atoms with Crippen LogP contribution in [0.3, 0.4) is 0 Å². The fourth-order valence-corrected chi connectivity index (χ4v) is 1.72. The highest BCUT2D eigenvalue weighted by Crippen LogP contribution is 2.29. The van der Waals surface area contributed by atoms with Gasteiger partial charge in [-0.2, -0.15) is 18.2 Å². The second-order valence-electron chi connectivity index (χ2n) is 6.03. The summed E-state index contributed by atoms with van der Waals surface area (Å²) in [5.41, 5.74) is 0.412. The van der Waals surface area contributed by atoms with Crippen molar-refractivity contribution in [3.63, 3.8) is 0 Å². The summed E-state index contributed by atoms with van der Waals surface area (Å²) in [6.45, 7) is 5.70. The zero-order valence-electron chi connectivity index (χ0n) is 13.1. The average Bonchev–Trinajstić information content (AvgIpc) is 2.95. The van der Waals surface area contributed by atoms with Gasteiger partial charge in [0.15, 0.2) is 0 Å². The normalized spacial score (nSPS) is 12.3. The van der Waals surface area contributed by atoms with Crippen LogP contribution in [0.25, 0.3) is 11.4 Å². The van der Waals surface area contributed by atoms with E-state index in [1.54, 1.807) is 11.9 Å². The molecule has 0 aliphatic carbocycles. The molecule has 8 heteroatoms. The summed E-state index contributed by atoms with van der Waals surface area (Å²) in [6, 6.07) is 6.00. The molecule has 0 saturated heterocycles. The molecule has 0 aliphatic rings. The van der Waals surface area contributed by atoms with Crippen molar-refractivity contribution in [1.82, 2.24) is 15.0 Å². The maximum atomic E-state index is 12.4.